The van der Waals surface area contributed by atoms with E-state index in [0.29, 0.717) is 31.1 Å². The van der Waals surface area contributed by atoms with Crippen molar-refractivity contribution in [3.63, 3.8) is 0 Å². The van der Waals surface area contributed by atoms with Crippen LogP contribution in [0.2, 0.25) is 0 Å². The smallest absolute Gasteiger partial charge is 0.167 e. The van der Waals surface area contributed by atoms with E-state index in [1.54, 1.807) is 0 Å². The van der Waals surface area contributed by atoms with E-state index < -0.39 is 0 Å². The molecule has 1 N–H and O–H groups in total. The van der Waals surface area contributed by atoms with Crippen molar-refractivity contribution in [2.45, 2.75) is 33.6 Å². The van der Waals surface area contributed by atoms with E-state index in [2.05, 4.69) is 21.6 Å². The minimum absolute atomic E-state index is 0.561. The van der Waals surface area contributed by atoms with Crippen molar-refractivity contribution in [2.75, 3.05) is 25.1 Å². The summed E-state index contributed by atoms with van der Waals surface area (Å²) in [5.41, 5.74) is 2.51. The number of hydrogen-bond acceptors (Lipinski definition) is 5. The van der Waals surface area contributed by atoms with Gasteiger partial charge in [-0.05, 0) is 25.3 Å². The average molecular weight is 248 g/mol. The standard InChI is InChI=1S/C13H20N4O/c1-4-10-11(9-14)13(15-7-8-18-6-3)17-16-12(10)5-2/h4-8H2,1-3H3,(H,15,17). The quantitative estimate of drug-likeness (QED) is 0.746. The number of anilines is 1. The van der Waals surface area contributed by atoms with Gasteiger partial charge in [-0.1, -0.05) is 13.8 Å². The summed E-state index contributed by atoms with van der Waals surface area (Å²) >= 11 is 0. The van der Waals surface area contributed by atoms with Crippen LogP contribution in [0.3, 0.4) is 0 Å². The van der Waals surface area contributed by atoms with Crippen molar-refractivity contribution in [1.82, 2.24) is 10.2 Å². The van der Waals surface area contributed by atoms with Crippen LogP contribution in [0.15, 0.2) is 0 Å². The van der Waals surface area contributed by atoms with Crippen molar-refractivity contribution in [3.8, 4) is 6.07 Å². The van der Waals surface area contributed by atoms with Crippen molar-refractivity contribution < 1.29 is 4.74 Å². The van der Waals surface area contributed by atoms with E-state index in [1.807, 2.05) is 20.8 Å². The Labute approximate surface area is 108 Å². The number of ether oxygens (including phenoxy) is 1. The molecular weight excluding hydrogens is 228 g/mol. The van der Waals surface area contributed by atoms with Crippen LogP contribution in [-0.4, -0.2) is 30.0 Å². The first-order chi connectivity index (χ1) is 8.78. The first-order valence-electron chi connectivity index (χ1n) is 6.38. The van der Waals surface area contributed by atoms with Gasteiger partial charge in [0, 0.05) is 13.2 Å². The Morgan fingerprint density at radius 3 is 2.56 bits per heavy atom. The Balaban J connectivity index is 2.89. The minimum Gasteiger partial charge on any atom is -0.380 e. The molecule has 0 amide bonds. The van der Waals surface area contributed by atoms with Gasteiger partial charge in [-0.15, -0.1) is 5.10 Å². The number of hydrogen-bond donors (Lipinski definition) is 1. The van der Waals surface area contributed by atoms with E-state index in [0.717, 1.165) is 24.1 Å². The third kappa shape index (κ3) is 3.41. The molecule has 1 aromatic rings. The monoisotopic (exact) mass is 248 g/mol. The maximum absolute atomic E-state index is 9.26. The maximum atomic E-state index is 9.26. The average Bonchev–Trinajstić information content (AvgIpc) is 2.42. The van der Waals surface area contributed by atoms with Gasteiger partial charge in [-0.3, -0.25) is 0 Å². The first-order valence-corrected chi connectivity index (χ1v) is 6.38. The lowest BCUT2D eigenvalue weighted by atomic mass is 10.0. The molecule has 0 aliphatic carbocycles. The molecule has 1 aromatic heterocycles. The molecule has 0 saturated heterocycles. The molecule has 0 aliphatic rings. The van der Waals surface area contributed by atoms with E-state index in [1.165, 1.54) is 0 Å². The Morgan fingerprint density at radius 2 is 2.00 bits per heavy atom. The van der Waals surface area contributed by atoms with E-state index in [-0.39, 0.29) is 0 Å². The third-order valence-corrected chi connectivity index (χ3v) is 2.70. The van der Waals surface area contributed by atoms with Gasteiger partial charge in [0.05, 0.1) is 12.3 Å². The summed E-state index contributed by atoms with van der Waals surface area (Å²) in [6.45, 7) is 7.92. The molecular formula is C13H20N4O. The largest absolute Gasteiger partial charge is 0.380 e. The SMILES string of the molecule is CCOCCNc1nnc(CC)c(CC)c1C#N. The van der Waals surface area contributed by atoms with Gasteiger partial charge in [-0.25, -0.2) is 0 Å². The molecule has 0 saturated carbocycles. The molecule has 1 heterocycles. The predicted octanol–water partition coefficient (Wildman–Crippen LogP) is 1.92. The minimum atomic E-state index is 0.561. The molecule has 0 aromatic carbocycles. The lowest BCUT2D eigenvalue weighted by Crippen LogP contribution is -2.14. The molecule has 5 heteroatoms. The second kappa shape index (κ2) is 7.62. The zero-order valence-corrected chi connectivity index (χ0v) is 11.3. The van der Waals surface area contributed by atoms with Crippen molar-refractivity contribution in [3.05, 3.63) is 16.8 Å². The molecule has 0 radical (unpaired) electrons. The van der Waals surface area contributed by atoms with E-state index >= 15 is 0 Å². The molecule has 0 spiro atoms. The van der Waals surface area contributed by atoms with Crippen molar-refractivity contribution >= 4 is 5.82 Å². The fraction of sp³-hybridized carbons (Fsp3) is 0.615. The highest BCUT2D eigenvalue weighted by atomic mass is 16.5. The zero-order chi connectivity index (χ0) is 13.4. The molecule has 98 valence electrons. The third-order valence-electron chi connectivity index (χ3n) is 2.70. The second-order valence-electron chi connectivity index (χ2n) is 3.79. The summed E-state index contributed by atoms with van der Waals surface area (Å²) in [6.07, 6.45) is 1.59. The summed E-state index contributed by atoms with van der Waals surface area (Å²) in [5, 5.41) is 20.6. The van der Waals surface area contributed by atoms with Gasteiger partial charge in [0.25, 0.3) is 0 Å². The van der Waals surface area contributed by atoms with Gasteiger partial charge in [-0.2, -0.15) is 10.4 Å². The summed E-state index contributed by atoms with van der Waals surface area (Å²) in [7, 11) is 0. The number of nitrogens with one attached hydrogen (secondary N) is 1. The Morgan fingerprint density at radius 1 is 1.22 bits per heavy atom. The van der Waals surface area contributed by atoms with Crippen molar-refractivity contribution in [2.24, 2.45) is 0 Å². The van der Waals surface area contributed by atoms with Gasteiger partial charge in [0.15, 0.2) is 5.82 Å². The summed E-state index contributed by atoms with van der Waals surface area (Å²) in [5.74, 6) is 0.561. The predicted molar refractivity (Wildman–Crippen MR) is 70.5 cm³/mol. The fourth-order valence-corrected chi connectivity index (χ4v) is 1.80. The lowest BCUT2D eigenvalue weighted by molar-refractivity contribution is 0.158. The van der Waals surface area contributed by atoms with Crippen LogP contribution in [0.1, 0.15) is 37.6 Å². The number of nitrogens with zero attached hydrogens (tertiary/aromatic N) is 3. The Hall–Kier alpha value is -1.67. The van der Waals surface area contributed by atoms with Crippen LogP contribution < -0.4 is 5.32 Å². The Bertz CT molecular complexity index is 426. The van der Waals surface area contributed by atoms with Gasteiger partial charge in [0.1, 0.15) is 11.6 Å². The number of nitriles is 1. The zero-order valence-electron chi connectivity index (χ0n) is 11.3. The Kier molecular flexibility index (Phi) is 6.09. The summed E-state index contributed by atoms with van der Waals surface area (Å²) < 4.78 is 5.24. The number of rotatable bonds is 7. The molecule has 0 unspecified atom stereocenters. The van der Waals surface area contributed by atoms with Gasteiger partial charge >= 0.3 is 0 Å². The molecule has 0 atom stereocenters. The van der Waals surface area contributed by atoms with Crippen molar-refractivity contribution in [1.29, 1.82) is 5.26 Å². The highest BCUT2D eigenvalue weighted by molar-refractivity contribution is 5.56. The van der Waals surface area contributed by atoms with Crippen LogP contribution in [0.25, 0.3) is 0 Å². The normalized spacial score (nSPS) is 10.1. The highest BCUT2D eigenvalue weighted by Crippen LogP contribution is 2.19. The van der Waals surface area contributed by atoms with Gasteiger partial charge < -0.3 is 10.1 Å². The molecule has 0 fully saturated rings. The number of aromatic nitrogens is 2. The molecule has 5 nitrogen and oxygen atoms in total. The lowest BCUT2D eigenvalue weighted by Gasteiger charge is -2.11. The molecule has 1 rings (SSSR count). The first kappa shape index (κ1) is 14.4. The summed E-state index contributed by atoms with van der Waals surface area (Å²) in [4.78, 5) is 0. The number of aryl methyl sites for hydroxylation is 1. The van der Waals surface area contributed by atoms with Crippen LogP contribution in [0.5, 0.6) is 0 Å². The second-order valence-corrected chi connectivity index (χ2v) is 3.79. The molecule has 0 bridgehead atoms. The van der Waals surface area contributed by atoms with Crippen LogP contribution in [0.4, 0.5) is 5.82 Å². The van der Waals surface area contributed by atoms with Crippen LogP contribution >= 0.6 is 0 Å². The maximum Gasteiger partial charge on any atom is 0.167 e. The van der Waals surface area contributed by atoms with E-state index in [4.69, 9.17) is 4.74 Å². The van der Waals surface area contributed by atoms with Crippen LogP contribution in [-0.2, 0) is 17.6 Å². The van der Waals surface area contributed by atoms with E-state index in [9.17, 15) is 5.26 Å². The highest BCUT2D eigenvalue weighted by Gasteiger charge is 2.13. The molecule has 18 heavy (non-hydrogen) atoms. The van der Waals surface area contributed by atoms with Gasteiger partial charge in [0.2, 0.25) is 0 Å². The summed E-state index contributed by atoms with van der Waals surface area (Å²) in [6, 6.07) is 2.22. The fourth-order valence-electron chi connectivity index (χ4n) is 1.80. The topological polar surface area (TPSA) is 70.8 Å². The molecule has 0 aliphatic heterocycles. The van der Waals surface area contributed by atoms with Crippen LogP contribution in [0, 0.1) is 11.3 Å².